The van der Waals surface area contributed by atoms with Crippen LogP contribution in [0.5, 0.6) is 11.5 Å². The summed E-state index contributed by atoms with van der Waals surface area (Å²) >= 11 is 1.46. The Morgan fingerprint density at radius 1 is 1.04 bits per heavy atom. The fourth-order valence-electron chi connectivity index (χ4n) is 7.63. The second-order valence-electron chi connectivity index (χ2n) is 16.9. The summed E-state index contributed by atoms with van der Waals surface area (Å²) in [6.07, 6.45) is 3.33. The maximum absolute atomic E-state index is 14.7. The van der Waals surface area contributed by atoms with Crippen molar-refractivity contribution >= 4 is 51.2 Å². The normalized spacial score (nSPS) is 23.1. The summed E-state index contributed by atoms with van der Waals surface area (Å²) < 4.78 is 18.0. The highest BCUT2D eigenvalue weighted by Gasteiger charge is 2.49. The molecule has 3 aliphatic rings. The molecule has 2 saturated carbocycles. The van der Waals surface area contributed by atoms with Crippen molar-refractivity contribution in [1.82, 2.24) is 25.5 Å². The largest absolute Gasteiger partial charge is 0.497 e. The van der Waals surface area contributed by atoms with Crippen LogP contribution in [0, 0.1) is 17.3 Å². The van der Waals surface area contributed by atoms with Gasteiger partial charge in [-0.2, -0.15) is 0 Å². The van der Waals surface area contributed by atoms with Crippen LogP contribution in [0.1, 0.15) is 80.1 Å². The molecule has 1 aliphatic heterocycles. The van der Waals surface area contributed by atoms with Gasteiger partial charge in [0.25, 0.3) is 0 Å². The van der Waals surface area contributed by atoms with E-state index >= 15 is 0 Å². The number of alkyl carbamates (subject to hydrolysis) is 1. The molecule has 2 aromatic heterocycles. The number of benzene rings is 1. The molecule has 302 valence electrons. The average molecular weight is 791 g/mol. The van der Waals surface area contributed by atoms with Gasteiger partial charge in [0.2, 0.25) is 11.8 Å². The Balaban J connectivity index is 1.31. The first kappa shape index (κ1) is 40.7. The molecule has 1 saturated heterocycles. The monoisotopic (exact) mass is 790 g/mol. The third kappa shape index (κ3) is 9.20. The average Bonchev–Trinajstić information content (AvgIpc) is 3.45. The van der Waals surface area contributed by atoms with Crippen molar-refractivity contribution in [2.75, 3.05) is 19.0 Å². The summed E-state index contributed by atoms with van der Waals surface area (Å²) in [5.41, 5.74) is -0.611. The molecule has 0 unspecified atom stereocenters. The van der Waals surface area contributed by atoms with Gasteiger partial charge in [-0.3, -0.25) is 9.59 Å². The van der Waals surface area contributed by atoms with Gasteiger partial charge in [-0.1, -0.05) is 26.8 Å². The van der Waals surface area contributed by atoms with E-state index in [-0.39, 0.29) is 31.5 Å². The molecule has 2 aliphatic carbocycles. The molecule has 3 amide bonds. The number of nitrogens with one attached hydrogen (secondary N) is 3. The summed E-state index contributed by atoms with van der Waals surface area (Å²) in [6.45, 7) is 14.7. The number of carbonyl (C=O) groups excluding carboxylic acids is 3. The molecular formula is C41H54N6O8S. The molecule has 0 bridgehead atoms. The molecule has 1 aromatic carbocycles. The van der Waals surface area contributed by atoms with Crippen molar-refractivity contribution in [1.29, 1.82) is 0 Å². The van der Waals surface area contributed by atoms with Crippen LogP contribution in [0.3, 0.4) is 0 Å². The minimum absolute atomic E-state index is 0.0167. The minimum Gasteiger partial charge on any atom is -0.497 e. The van der Waals surface area contributed by atoms with Crippen LogP contribution in [-0.2, 0) is 19.1 Å². The number of hydrogen-bond acceptors (Lipinski definition) is 11. The number of aromatic nitrogens is 2. The first-order valence-electron chi connectivity index (χ1n) is 19.3. The Morgan fingerprint density at radius 3 is 2.41 bits per heavy atom. The zero-order chi connectivity index (χ0) is 40.5. The van der Waals surface area contributed by atoms with E-state index in [0.717, 1.165) is 18.0 Å². The number of carbonyl (C=O) groups is 4. The van der Waals surface area contributed by atoms with Crippen molar-refractivity contribution in [3.05, 3.63) is 42.3 Å². The molecule has 14 nitrogen and oxygen atoms in total. The molecule has 56 heavy (non-hydrogen) atoms. The van der Waals surface area contributed by atoms with Gasteiger partial charge in [-0.25, -0.2) is 19.6 Å². The number of fused-ring (bicyclic) bond motifs is 2. The Morgan fingerprint density at radius 2 is 1.77 bits per heavy atom. The highest BCUT2D eigenvalue weighted by atomic mass is 32.1. The fourth-order valence-corrected chi connectivity index (χ4v) is 8.48. The Kier molecular flexibility index (Phi) is 11.8. The molecule has 15 heteroatoms. The van der Waals surface area contributed by atoms with Crippen LogP contribution >= 0.6 is 11.3 Å². The van der Waals surface area contributed by atoms with Crippen molar-refractivity contribution in [3.8, 4) is 22.9 Å². The summed E-state index contributed by atoms with van der Waals surface area (Å²) in [5, 5.41) is 22.4. The predicted molar refractivity (Wildman–Crippen MR) is 214 cm³/mol. The smallest absolute Gasteiger partial charge is 0.408 e. The Hall–Kier alpha value is -4.92. The molecular weight excluding hydrogens is 737 g/mol. The lowest BCUT2D eigenvalue weighted by Gasteiger charge is -2.36. The number of methoxy groups -OCH3 is 1. The standard InChI is InChI=1S/C41H54N6O8S/c1-9-10-13-41(7,37(50)51)46-35(48)32-18-27(20-47(32)36(49)34(40(4,5)6)45-39(52)55-26-15-23-14-24(23)16-26)54-33-19-30(31-21-56-38(44-31)42-22(2)3)43-29-17-25(53-8)11-12-28(29)33/h9,11-12,17,19,21-24,26-27,32,34H,1,10,13-16,18,20H2,2-8H3,(H,42,44)(H,45,52)(H,46,48)(H,50,51)/t23-,24+,26+,27-,32+,34-,41+/m1/s1. The Labute approximate surface area is 331 Å². The first-order valence-corrected chi connectivity index (χ1v) is 20.2. The fraction of sp³-hybridized carbons (Fsp3) is 0.561. The highest BCUT2D eigenvalue weighted by molar-refractivity contribution is 7.14. The van der Waals surface area contributed by atoms with Gasteiger partial charge in [0.15, 0.2) is 5.13 Å². The van der Waals surface area contributed by atoms with Crippen molar-refractivity contribution < 1.29 is 38.5 Å². The SMILES string of the molecule is C=CCC[C@](C)(NC(=O)[C@@H]1C[C@@H](Oc2cc(-c3csc(NC(C)C)n3)nc3cc(OC)ccc23)CN1C(=O)[C@@H](NC(=O)O[C@@H]1C[C@@H]2C[C@@H]2C1)C(C)(C)C)C(=O)O. The zero-order valence-electron chi connectivity index (χ0n) is 33.2. The third-order valence-electron chi connectivity index (χ3n) is 10.9. The number of rotatable bonds is 15. The molecule has 3 fully saturated rings. The van der Waals surface area contributed by atoms with Gasteiger partial charge in [-0.15, -0.1) is 17.9 Å². The maximum atomic E-state index is 14.7. The number of aliphatic carboxylic acids is 1. The molecule has 3 aromatic rings. The number of ether oxygens (including phenoxy) is 3. The van der Waals surface area contributed by atoms with Gasteiger partial charge >= 0.3 is 12.1 Å². The number of anilines is 1. The summed E-state index contributed by atoms with van der Waals surface area (Å²) in [5.74, 6) is -0.0845. The minimum atomic E-state index is -1.63. The number of pyridine rings is 1. The number of likely N-dealkylation sites (tertiary alicyclic amines) is 1. The topological polar surface area (TPSA) is 181 Å². The highest BCUT2D eigenvalue weighted by Crippen LogP contribution is 2.52. The molecule has 6 rings (SSSR count). The molecule has 7 atom stereocenters. The second kappa shape index (κ2) is 16.3. The molecule has 3 heterocycles. The zero-order valence-corrected chi connectivity index (χ0v) is 34.0. The van der Waals surface area contributed by atoms with E-state index in [4.69, 9.17) is 24.2 Å². The number of carboxylic acids is 1. The molecule has 0 spiro atoms. The predicted octanol–water partition coefficient (Wildman–Crippen LogP) is 6.40. The number of hydrogen-bond donors (Lipinski definition) is 4. The van der Waals surface area contributed by atoms with Gasteiger partial charge in [0.1, 0.15) is 47.0 Å². The van der Waals surface area contributed by atoms with Crippen molar-refractivity contribution in [2.24, 2.45) is 17.3 Å². The van der Waals surface area contributed by atoms with E-state index in [1.165, 1.54) is 29.6 Å². The number of amides is 3. The number of allylic oxidation sites excluding steroid dienone is 1. The van der Waals surface area contributed by atoms with Crippen molar-refractivity contribution in [2.45, 2.75) is 116 Å². The van der Waals surface area contributed by atoms with E-state index in [9.17, 15) is 24.3 Å². The first-order chi connectivity index (χ1) is 26.5. The van der Waals surface area contributed by atoms with Crippen molar-refractivity contribution in [3.63, 3.8) is 0 Å². The maximum Gasteiger partial charge on any atom is 0.408 e. The van der Waals surface area contributed by atoms with Crippen LogP contribution in [0.25, 0.3) is 22.3 Å². The number of thiazole rings is 1. The molecule has 0 radical (unpaired) electrons. The van der Waals surface area contributed by atoms with Gasteiger partial charge in [0, 0.05) is 35.4 Å². The number of nitrogens with zero attached hydrogens (tertiary/aromatic N) is 3. The van der Waals surface area contributed by atoms with E-state index in [2.05, 4.69) is 22.5 Å². The summed E-state index contributed by atoms with van der Waals surface area (Å²) in [4.78, 5) is 65.6. The number of carboxylic acid groups (broad SMARTS) is 1. The second-order valence-corrected chi connectivity index (χ2v) is 17.7. The van der Waals surface area contributed by atoms with E-state index < -0.39 is 53.0 Å². The van der Waals surface area contributed by atoms with Crippen LogP contribution in [0.15, 0.2) is 42.3 Å². The lowest BCUT2D eigenvalue weighted by molar-refractivity contribution is -0.149. The van der Waals surface area contributed by atoms with Crippen LogP contribution in [-0.4, -0.2) is 93.4 Å². The van der Waals surface area contributed by atoms with Gasteiger partial charge in [0.05, 0.1) is 24.9 Å². The van der Waals surface area contributed by atoms with E-state index in [1.807, 2.05) is 46.1 Å². The third-order valence-corrected chi connectivity index (χ3v) is 11.6. The van der Waals surface area contributed by atoms with Crippen LogP contribution in [0.2, 0.25) is 0 Å². The summed E-state index contributed by atoms with van der Waals surface area (Å²) in [7, 11) is 1.57. The van der Waals surface area contributed by atoms with Crippen LogP contribution in [0.4, 0.5) is 9.93 Å². The lowest BCUT2D eigenvalue weighted by atomic mass is 9.85. The Bertz CT molecular complexity index is 1970. The summed E-state index contributed by atoms with van der Waals surface area (Å²) in [6, 6.07) is 5.24. The molecule has 4 N–H and O–H groups in total. The van der Waals surface area contributed by atoms with Gasteiger partial charge < -0.3 is 40.2 Å². The van der Waals surface area contributed by atoms with Gasteiger partial charge in [-0.05, 0) is 82.3 Å². The van der Waals surface area contributed by atoms with E-state index in [0.29, 0.717) is 52.0 Å². The lowest BCUT2D eigenvalue weighted by Crippen LogP contribution is -2.60. The van der Waals surface area contributed by atoms with E-state index in [1.54, 1.807) is 31.4 Å². The van der Waals surface area contributed by atoms with Crippen LogP contribution < -0.4 is 25.4 Å². The quantitative estimate of drug-likeness (QED) is 0.125.